The molecule has 1 aliphatic rings. The van der Waals surface area contributed by atoms with Crippen LogP contribution in [0, 0.1) is 0 Å². The van der Waals surface area contributed by atoms with Crippen molar-refractivity contribution < 1.29 is 14.3 Å². The fourth-order valence-electron chi connectivity index (χ4n) is 2.65. The molecule has 0 fully saturated rings. The van der Waals surface area contributed by atoms with E-state index in [0.717, 1.165) is 24.3 Å². The molecule has 0 radical (unpaired) electrons. The highest BCUT2D eigenvalue weighted by atomic mass is 16.6. The highest BCUT2D eigenvalue weighted by molar-refractivity contribution is 5.95. The summed E-state index contributed by atoms with van der Waals surface area (Å²) < 4.78 is 11.6. The molecule has 1 amide bonds. The molecule has 2 unspecified atom stereocenters. The summed E-state index contributed by atoms with van der Waals surface area (Å²) in [5, 5.41) is 6.19. The molecule has 5 heteroatoms. The van der Waals surface area contributed by atoms with Crippen LogP contribution >= 0.6 is 0 Å². The molecule has 0 spiro atoms. The second-order valence-corrected chi connectivity index (χ2v) is 5.78. The van der Waals surface area contributed by atoms with Crippen molar-refractivity contribution in [2.75, 3.05) is 11.9 Å². The SMILES string of the molecule is CCNCc1cccc(NC(=O)C2Oc3ccccc3OC2C)c1. The molecule has 2 N–H and O–H groups in total. The van der Waals surface area contributed by atoms with Crippen molar-refractivity contribution in [2.45, 2.75) is 32.6 Å². The molecule has 2 atom stereocenters. The molecule has 5 nitrogen and oxygen atoms in total. The first-order valence-corrected chi connectivity index (χ1v) is 8.20. The van der Waals surface area contributed by atoms with E-state index in [-0.39, 0.29) is 12.0 Å². The third kappa shape index (κ3) is 3.68. The van der Waals surface area contributed by atoms with Gasteiger partial charge in [-0.05, 0) is 43.3 Å². The number of fused-ring (bicyclic) bond motifs is 1. The predicted molar refractivity (Wildman–Crippen MR) is 93.4 cm³/mol. The van der Waals surface area contributed by atoms with E-state index in [9.17, 15) is 4.79 Å². The lowest BCUT2D eigenvalue weighted by Crippen LogP contribution is -2.46. The van der Waals surface area contributed by atoms with E-state index in [2.05, 4.69) is 17.6 Å². The quantitative estimate of drug-likeness (QED) is 0.887. The molecule has 0 aromatic heterocycles. The average molecular weight is 326 g/mol. The minimum atomic E-state index is -0.683. The zero-order chi connectivity index (χ0) is 16.9. The molecular formula is C19H22N2O3. The third-order valence-corrected chi connectivity index (χ3v) is 3.87. The molecular weight excluding hydrogens is 304 g/mol. The largest absolute Gasteiger partial charge is 0.482 e. The van der Waals surface area contributed by atoms with Gasteiger partial charge in [0.2, 0.25) is 6.10 Å². The fourth-order valence-corrected chi connectivity index (χ4v) is 2.65. The van der Waals surface area contributed by atoms with E-state index in [1.165, 1.54) is 0 Å². The van der Waals surface area contributed by atoms with Crippen molar-refractivity contribution in [3.8, 4) is 11.5 Å². The zero-order valence-electron chi connectivity index (χ0n) is 13.9. The monoisotopic (exact) mass is 326 g/mol. The van der Waals surface area contributed by atoms with E-state index in [1.807, 2.05) is 49.4 Å². The van der Waals surface area contributed by atoms with E-state index in [0.29, 0.717) is 11.5 Å². The topological polar surface area (TPSA) is 59.6 Å². The van der Waals surface area contributed by atoms with Crippen LogP contribution in [0.4, 0.5) is 5.69 Å². The summed E-state index contributed by atoms with van der Waals surface area (Å²) >= 11 is 0. The Morgan fingerprint density at radius 2 is 1.83 bits per heavy atom. The smallest absolute Gasteiger partial charge is 0.269 e. The van der Waals surface area contributed by atoms with Gasteiger partial charge in [-0.3, -0.25) is 4.79 Å². The third-order valence-electron chi connectivity index (χ3n) is 3.87. The Morgan fingerprint density at radius 1 is 1.08 bits per heavy atom. The first kappa shape index (κ1) is 16.3. The number of para-hydroxylation sites is 2. The lowest BCUT2D eigenvalue weighted by Gasteiger charge is -2.31. The van der Waals surface area contributed by atoms with Gasteiger partial charge in [0.1, 0.15) is 6.10 Å². The molecule has 0 saturated heterocycles. The van der Waals surface area contributed by atoms with Gasteiger partial charge >= 0.3 is 0 Å². The number of rotatable bonds is 5. The maximum atomic E-state index is 12.6. The molecule has 0 saturated carbocycles. The number of carbonyl (C=O) groups is 1. The van der Waals surface area contributed by atoms with Crippen LogP contribution in [0.2, 0.25) is 0 Å². The van der Waals surface area contributed by atoms with Crippen LogP contribution < -0.4 is 20.1 Å². The Balaban J connectivity index is 1.69. The number of benzene rings is 2. The molecule has 0 bridgehead atoms. The summed E-state index contributed by atoms with van der Waals surface area (Å²) in [6, 6.07) is 15.2. The maximum Gasteiger partial charge on any atom is 0.269 e. The van der Waals surface area contributed by atoms with Gasteiger partial charge in [0.15, 0.2) is 11.5 Å². The van der Waals surface area contributed by atoms with Crippen LogP contribution in [0.15, 0.2) is 48.5 Å². The van der Waals surface area contributed by atoms with Gasteiger partial charge in [0.05, 0.1) is 0 Å². The van der Waals surface area contributed by atoms with Gasteiger partial charge in [-0.25, -0.2) is 0 Å². The van der Waals surface area contributed by atoms with Crippen LogP contribution in [0.25, 0.3) is 0 Å². The molecule has 1 aliphatic heterocycles. The van der Waals surface area contributed by atoms with Crippen molar-refractivity contribution in [2.24, 2.45) is 0 Å². The van der Waals surface area contributed by atoms with E-state index < -0.39 is 6.10 Å². The zero-order valence-corrected chi connectivity index (χ0v) is 13.9. The molecule has 2 aromatic rings. The summed E-state index contributed by atoms with van der Waals surface area (Å²) in [6.07, 6.45) is -1.04. The van der Waals surface area contributed by atoms with Crippen molar-refractivity contribution in [3.05, 3.63) is 54.1 Å². The molecule has 0 aliphatic carbocycles. The lowest BCUT2D eigenvalue weighted by atomic mass is 10.1. The second-order valence-electron chi connectivity index (χ2n) is 5.78. The molecule has 1 heterocycles. The van der Waals surface area contributed by atoms with Crippen LogP contribution in [0.5, 0.6) is 11.5 Å². The minimum absolute atomic E-state index is 0.211. The van der Waals surface area contributed by atoms with Gasteiger partial charge < -0.3 is 20.1 Å². The highest BCUT2D eigenvalue weighted by Gasteiger charge is 2.34. The number of carbonyl (C=O) groups excluding carboxylic acids is 1. The van der Waals surface area contributed by atoms with E-state index >= 15 is 0 Å². The molecule has 24 heavy (non-hydrogen) atoms. The highest BCUT2D eigenvalue weighted by Crippen LogP contribution is 2.33. The Bertz CT molecular complexity index is 717. The normalized spacial score (nSPS) is 18.9. The van der Waals surface area contributed by atoms with Gasteiger partial charge in [-0.1, -0.05) is 31.2 Å². The Kier molecular flexibility index (Phi) is 5.01. The van der Waals surface area contributed by atoms with Gasteiger partial charge in [0, 0.05) is 12.2 Å². The van der Waals surface area contributed by atoms with Crippen molar-refractivity contribution in [1.82, 2.24) is 5.32 Å². The van der Waals surface area contributed by atoms with Crippen LogP contribution in [0.1, 0.15) is 19.4 Å². The fraction of sp³-hybridized carbons (Fsp3) is 0.316. The number of hydrogen-bond donors (Lipinski definition) is 2. The summed E-state index contributed by atoms with van der Waals surface area (Å²) in [6.45, 7) is 5.57. The maximum absolute atomic E-state index is 12.6. The van der Waals surface area contributed by atoms with Crippen LogP contribution in [-0.4, -0.2) is 24.7 Å². The van der Waals surface area contributed by atoms with Gasteiger partial charge in [-0.2, -0.15) is 0 Å². The summed E-state index contributed by atoms with van der Waals surface area (Å²) in [5.41, 5.74) is 1.87. The summed E-state index contributed by atoms with van der Waals surface area (Å²) in [7, 11) is 0. The van der Waals surface area contributed by atoms with Crippen molar-refractivity contribution >= 4 is 11.6 Å². The number of hydrogen-bond acceptors (Lipinski definition) is 4. The summed E-state index contributed by atoms with van der Waals surface area (Å²) in [4.78, 5) is 12.6. The predicted octanol–water partition coefficient (Wildman–Crippen LogP) is 2.96. The Hall–Kier alpha value is -2.53. The number of amides is 1. The van der Waals surface area contributed by atoms with Crippen molar-refractivity contribution in [3.63, 3.8) is 0 Å². The first-order chi connectivity index (χ1) is 11.7. The standard InChI is InChI=1S/C19H22N2O3/c1-3-20-12-14-7-6-8-15(11-14)21-19(22)18-13(2)23-16-9-4-5-10-17(16)24-18/h4-11,13,18,20H,3,12H2,1-2H3,(H,21,22). The number of anilines is 1. The molecule has 126 valence electrons. The minimum Gasteiger partial charge on any atom is -0.482 e. The first-order valence-electron chi connectivity index (χ1n) is 8.20. The lowest BCUT2D eigenvalue weighted by molar-refractivity contribution is -0.128. The van der Waals surface area contributed by atoms with Crippen LogP contribution in [-0.2, 0) is 11.3 Å². The van der Waals surface area contributed by atoms with E-state index in [1.54, 1.807) is 6.07 Å². The molecule has 2 aromatic carbocycles. The second kappa shape index (κ2) is 7.36. The Labute approximate surface area is 142 Å². The van der Waals surface area contributed by atoms with Crippen LogP contribution in [0.3, 0.4) is 0 Å². The average Bonchev–Trinajstić information content (AvgIpc) is 2.59. The number of ether oxygens (including phenoxy) is 2. The Morgan fingerprint density at radius 3 is 2.58 bits per heavy atom. The molecule has 3 rings (SSSR count). The summed E-state index contributed by atoms with van der Waals surface area (Å²) in [5.74, 6) is 1.05. The van der Waals surface area contributed by atoms with Gasteiger partial charge in [0.25, 0.3) is 5.91 Å². The number of nitrogens with one attached hydrogen (secondary N) is 2. The van der Waals surface area contributed by atoms with Crippen molar-refractivity contribution in [1.29, 1.82) is 0 Å². The van der Waals surface area contributed by atoms with E-state index in [4.69, 9.17) is 9.47 Å². The van der Waals surface area contributed by atoms with Gasteiger partial charge in [-0.15, -0.1) is 0 Å².